The summed E-state index contributed by atoms with van der Waals surface area (Å²) < 4.78 is 0. The first-order chi connectivity index (χ1) is 9.20. The number of aliphatic hydroxyl groups is 1. The van der Waals surface area contributed by atoms with Gasteiger partial charge in [0.1, 0.15) is 0 Å². The zero-order valence-electron chi connectivity index (χ0n) is 11.0. The standard InChI is InChI=1S/C17H19NO/c18-17(12-19)9-8-14-6-7-15(10-16(14)11-17)13-4-2-1-3-5-13/h1-7,10,19H,8-9,11-12,18H2. The predicted molar refractivity (Wildman–Crippen MR) is 77.9 cm³/mol. The minimum absolute atomic E-state index is 0.0575. The van der Waals surface area contributed by atoms with Crippen LogP contribution in [-0.2, 0) is 12.8 Å². The number of hydrogen-bond acceptors (Lipinski definition) is 2. The summed E-state index contributed by atoms with van der Waals surface area (Å²) in [7, 11) is 0. The summed E-state index contributed by atoms with van der Waals surface area (Å²) in [6.07, 6.45) is 2.59. The molecule has 0 saturated heterocycles. The van der Waals surface area contributed by atoms with E-state index < -0.39 is 5.54 Å². The SMILES string of the molecule is NC1(CO)CCc2ccc(-c3ccccc3)cc2C1. The number of hydrogen-bond donors (Lipinski definition) is 2. The predicted octanol–water partition coefficient (Wildman–Crippen LogP) is 2.53. The van der Waals surface area contributed by atoms with E-state index in [0.717, 1.165) is 19.3 Å². The fourth-order valence-corrected chi connectivity index (χ4v) is 2.83. The van der Waals surface area contributed by atoms with E-state index in [9.17, 15) is 5.11 Å². The molecule has 1 aliphatic carbocycles. The smallest absolute Gasteiger partial charge is 0.0614 e. The molecule has 2 aromatic rings. The monoisotopic (exact) mass is 253 g/mol. The van der Waals surface area contributed by atoms with E-state index in [0.29, 0.717) is 0 Å². The number of nitrogens with two attached hydrogens (primary N) is 1. The molecule has 0 saturated carbocycles. The first-order valence-corrected chi connectivity index (χ1v) is 6.77. The molecular weight excluding hydrogens is 234 g/mol. The summed E-state index contributed by atoms with van der Waals surface area (Å²) in [4.78, 5) is 0. The Bertz CT molecular complexity index is 579. The molecule has 19 heavy (non-hydrogen) atoms. The molecule has 2 aromatic carbocycles. The lowest BCUT2D eigenvalue weighted by atomic mass is 9.78. The molecule has 3 N–H and O–H groups in total. The number of aliphatic hydroxyl groups excluding tert-OH is 1. The third-order valence-corrected chi connectivity index (χ3v) is 4.06. The first kappa shape index (κ1) is 12.4. The average molecular weight is 253 g/mol. The molecule has 1 atom stereocenters. The van der Waals surface area contributed by atoms with Crippen LogP contribution in [0.25, 0.3) is 11.1 Å². The van der Waals surface area contributed by atoms with Crippen LogP contribution in [0.5, 0.6) is 0 Å². The highest BCUT2D eigenvalue weighted by molar-refractivity contribution is 5.65. The second kappa shape index (κ2) is 4.80. The van der Waals surface area contributed by atoms with Crippen molar-refractivity contribution >= 4 is 0 Å². The van der Waals surface area contributed by atoms with E-state index in [1.54, 1.807) is 0 Å². The van der Waals surface area contributed by atoms with Crippen molar-refractivity contribution in [2.45, 2.75) is 24.8 Å². The largest absolute Gasteiger partial charge is 0.394 e. The lowest BCUT2D eigenvalue weighted by Crippen LogP contribution is -2.48. The molecule has 0 fully saturated rings. The van der Waals surface area contributed by atoms with Crippen LogP contribution in [0.4, 0.5) is 0 Å². The Morgan fingerprint density at radius 2 is 1.79 bits per heavy atom. The number of rotatable bonds is 2. The van der Waals surface area contributed by atoms with E-state index in [4.69, 9.17) is 5.73 Å². The van der Waals surface area contributed by atoms with Gasteiger partial charge in [-0.15, -0.1) is 0 Å². The van der Waals surface area contributed by atoms with Crippen molar-refractivity contribution in [1.82, 2.24) is 0 Å². The van der Waals surface area contributed by atoms with Gasteiger partial charge >= 0.3 is 0 Å². The van der Waals surface area contributed by atoms with Crippen LogP contribution in [-0.4, -0.2) is 17.3 Å². The van der Waals surface area contributed by atoms with Gasteiger partial charge in [0.2, 0.25) is 0 Å². The van der Waals surface area contributed by atoms with E-state index in [1.165, 1.54) is 22.3 Å². The second-order valence-electron chi connectivity index (χ2n) is 5.55. The number of aryl methyl sites for hydroxylation is 1. The van der Waals surface area contributed by atoms with Gasteiger partial charge in [-0.25, -0.2) is 0 Å². The highest BCUT2D eigenvalue weighted by Gasteiger charge is 2.29. The van der Waals surface area contributed by atoms with E-state index in [2.05, 4.69) is 42.5 Å². The molecule has 1 unspecified atom stereocenters. The summed E-state index contributed by atoms with van der Waals surface area (Å²) in [6.45, 7) is 0.0575. The van der Waals surface area contributed by atoms with Gasteiger partial charge in [-0.05, 0) is 41.5 Å². The van der Waals surface area contributed by atoms with Gasteiger partial charge < -0.3 is 10.8 Å². The maximum atomic E-state index is 9.44. The fourth-order valence-electron chi connectivity index (χ4n) is 2.83. The van der Waals surface area contributed by atoms with Crippen LogP contribution in [0, 0.1) is 0 Å². The topological polar surface area (TPSA) is 46.2 Å². The molecule has 1 aliphatic rings. The second-order valence-corrected chi connectivity index (χ2v) is 5.55. The van der Waals surface area contributed by atoms with Crippen molar-refractivity contribution < 1.29 is 5.11 Å². The van der Waals surface area contributed by atoms with Gasteiger partial charge in [-0.1, -0.05) is 48.5 Å². The molecule has 2 heteroatoms. The van der Waals surface area contributed by atoms with Crippen LogP contribution in [0.2, 0.25) is 0 Å². The van der Waals surface area contributed by atoms with Gasteiger partial charge in [-0.2, -0.15) is 0 Å². The lowest BCUT2D eigenvalue weighted by molar-refractivity contribution is 0.181. The molecular formula is C17H19NO. The van der Waals surface area contributed by atoms with Gasteiger partial charge in [-0.3, -0.25) is 0 Å². The molecule has 0 heterocycles. The molecule has 0 aliphatic heterocycles. The Morgan fingerprint density at radius 1 is 1.00 bits per heavy atom. The van der Waals surface area contributed by atoms with E-state index in [-0.39, 0.29) is 6.61 Å². The number of benzene rings is 2. The van der Waals surface area contributed by atoms with Crippen molar-refractivity contribution in [3.63, 3.8) is 0 Å². The molecule has 98 valence electrons. The van der Waals surface area contributed by atoms with Crippen molar-refractivity contribution in [2.75, 3.05) is 6.61 Å². The van der Waals surface area contributed by atoms with Crippen molar-refractivity contribution in [2.24, 2.45) is 5.73 Å². The average Bonchev–Trinajstić information content (AvgIpc) is 2.47. The fraction of sp³-hybridized carbons (Fsp3) is 0.294. The maximum absolute atomic E-state index is 9.44. The quantitative estimate of drug-likeness (QED) is 0.864. The molecule has 2 nitrogen and oxygen atoms in total. The van der Waals surface area contributed by atoms with Gasteiger partial charge in [0.05, 0.1) is 6.61 Å². The Kier molecular flexibility index (Phi) is 3.13. The summed E-state index contributed by atoms with van der Waals surface area (Å²) in [5, 5.41) is 9.44. The lowest BCUT2D eigenvalue weighted by Gasteiger charge is -2.33. The first-order valence-electron chi connectivity index (χ1n) is 6.77. The van der Waals surface area contributed by atoms with Gasteiger partial charge in [0.15, 0.2) is 0 Å². The van der Waals surface area contributed by atoms with Crippen LogP contribution >= 0.6 is 0 Å². The Morgan fingerprint density at radius 3 is 2.53 bits per heavy atom. The van der Waals surface area contributed by atoms with Crippen molar-refractivity contribution in [3.8, 4) is 11.1 Å². The van der Waals surface area contributed by atoms with Gasteiger partial charge in [0, 0.05) is 5.54 Å². The third kappa shape index (κ3) is 2.42. The van der Waals surface area contributed by atoms with E-state index >= 15 is 0 Å². The minimum atomic E-state index is -0.442. The molecule has 0 radical (unpaired) electrons. The van der Waals surface area contributed by atoms with E-state index in [1.807, 2.05) is 6.07 Å². The highest BCUT2D eigenvalue weighted by atomic mass is 16.3. The molecule has 0 amide bonds. The third-order valence-electron chi connectivity index (χ3n) is 4.06. The minimum Gasteiger partial charge on any atom is -0.394 e. The Hall–Kier alpha value is -1.64. The van der Waals surface area contributed by atoms with Crippen LogP contribution in [0.1, 0.15) is 17.5 Å². The maximum Gasteiger partial charge on any atom is 0.0614 e. The molecule has 3 rings (SSSR count). The number of fused-ring (bicyclic) bond motifs is 1. The highest BCUT2D eigenvalue weighted by Crippen LogP contribution is 2.30. The molecule has 0 spiro atoms. The van der Waals surface area contributed by atoms with Crippen molar-refractivity contribution in [1.29, 1.82) is 0 Å². The summed E-state index contributed by atoms with van der Waals surface area (Å²) in [5.41, 5.74) is 10.9. The summed E-state index contributed by atoms with van der Waals surface area (Å²) in [5.74, 6) is 0. The molecule has 0 aromatic heterocycles. The van der Waals surface area contributed by atoms with Crippen LogP contribution < -0.4 is 5.73 Å². The van der Waals surface area contributed by atoms with Crippen molar-refractivity contribution in [3.05, 3.63) is 59.7 Å². The van der Waals surface area contributed by atoms with Crippen LogP contribution in [0.3, 0.4) is 0 Å². The zero-order chi connectivity index (χ0) is 13.3. The Balaban J connectivity index is 1.98. The normalized spacial score (nSPS) is 22.0. The zero-order valence-corrected chi connectivity index (χ0v) is 11.0. The summed E-state index contributed by atoms with van der Waals surface area (Å²) in [6, 6.07) is 17.0. The summed E-state index contributed by atoms with van der Waals surface area (Å²) >= 11 is 0. The Labute approximate surface area is 113 Å². The molecule has 0 bridgehead atoms. The van der Waals surface area contributed by atoms with Crippen LogP contribution in [0.15, 0.2) is 48.5 Å². The van der Waals surface area contributed by atoms with Gasteiger partial charge in [0.25, 0.3) is 0 Å².